The second-order valence-corrected chi connectivity index (χ2v) is 8.19. The van der Waals surface area contributed by atoms with E-state index in [1.54, 1.807) is 6.20 Å². The summed E-state index contributed by atoms with van der Waals surface area (Å²) in [6.45, 7) is 4.56. The van der Waals surface area contributed by atoms with Crippen molar-refractivity contribution in [2.45, 2.75) is 50.7 Å². The van der Waals surface area contributed by atoms with E-state index in [0.717, 1.165) is 30.6 Å². The maximum absolute atomic E-state index is 11.6. The van der Waals surface area contributed by atoms with Crippen molar-refractivity contribution in [2.24, 2.45) is 23.5 Å². The van der Waals surface area contributed by atoms with Gasteiger partial charge in [-0.1, -0.05) is 13.3 Å². The van der Waals surface area contributed by atoms with Crippen LogP contribution in [0.25, 0.3) is 0 Å². The van der Waals surface area contributed by atoms with Gasteiger partial charge in [-0.15, -0.1) is 0 Å². The third kappa shape index (κ3) is 2.59. The summed E-state index contributed by atoms with van der Waals surface area (Å²) in [7, 11) is 1.83. The van der Waals surface area contributed by atoms with Crippen LogP contribution >= 0.6 is 0 Å². The van der Waals surface area contributed by atoms with E-state index in [9.17, 15) is 4.79 Å². The van der Waals surface area contributed by atoms with E-state index in [-0.39, 0.29) is 5.60 Å². The minimum atomic E-state index is -0.473. The molecule has 1 aromatic rings. The van der Waals surface area contributed by atoms with Crippen LogP contribution in [0.5, 0.6) is 0 Å². The van der Waals surface area contributed by atoms with Gasteiger partial charge in [-0.05, 0) is 49.3 Å². The van der Waals surface area contributed by atoms with Crippen molar-refractivity contribution < 1.29 is 9.53 Å². The molecule has 1 amide bonds. The van der Waals surface area contributed by atoms with Crippen LogP contribution in [0.1, 0.15) is 55.1 Å². The number of hydrogen-bond acceptors (Lipinski definition) is 4. The number of amides is 1. The van der Waals surface area contributed by atoms with Gasteiger partial charge in [0.05, 0.1) is 0 Å². The molecule has 0 spiro atoms. The number of methoxy groups -OCH3 is 1. The van der Waals surface area contributed by atoms with Crippen LogP contribution in [0.2, 0.25) is 0 Å². The van der Waals surface area contributed by atoms with E-state index in [4.69, 9.17) is 10.5 Å². The van der Waals surface area contributed by atoms with Gasteiger partial charge < -0.3 is 10.5 Å². The molecule has 2 aliphatic carbocycles. The van der Waals surface area contributed by atoms with Gasteiger partial charge in [-0.25, -0.2) is 0 Å². The van der Waals surface area contributed by atoms with Gasteiger partial charge in [0.2, 0.25) is 0 Å². The van der Waals surface area contributed by atoms with Crippen molar-refractivity contribution in [2.75, 3.05) is 20.2 Å². The van der Waals surface area contributed by atoms with Crippen LogP contribution in [0.15, 0.2) is 18.3 Å². The molecule has 0 radical (unpaired) electrons. The highest BCUT2D eigenvalue weighted by Crippen LogP contribution is 2.52. The molecule has 1 saturated heterocycles. The highest BCUT2D eigenvalue weighted by Gasteiger charge is 2.54. The fourth-order valence-corrected chi connectivity index (χ4v) is 5.66. The number of aromatic nitrogens is 1. The van der Waals surface area contributed by atoms with Crippen molar-refractivity contribution in [3.8, 4) is 0 Å². The molecule has 1 aliphatic heterocycles. The standard InChI is InChI=1S/C20H29N3O2/c1-13-6-7-18(13)23-11-15-4-3-5-16(12-23)20(15,25-2)14-8-9-22-17(10-14)19(21)24/h8-10,13,15-16,18H,3-7,11-12H2,1-2H3,(H2,21,24)/t13-,15-,16+,18-,20-/m1/s1. The molecule has 2 saturated carbocycles. The molecule has 5 nitrogen and oxygen atoms in total. The largest absolute Gasteiger partial charge is 0.373 e. The Hall–Kier alpha value is -1.46. The summed E-state index contributed by atoms with van der Waals surface area (Å²) in [5, 5.41) is 0. The minimum absolute atomic E-state index is 0.311. The number of ether oxygens (including phenoxy) is 1. The zero-order valence-electron chi connectivity index (χ0n) is 15.3. The molecule has 3 fully saturated rings. The van der Waals surface area contributed by atoms with Crippen molar-refractivity contribution in [3.05, 3.63) is 29.6 Å². The Morgan fingerprint density at radius 1 is 1.28 bits per heavy atom. The summed E-state index contributed by atoms with van der Waals surface area (Å²) >= 11 is 0. The van der Waals surface area contributed by atoms with Crippen LogP contribution in [-0.4, -0.2) is 42.0 Å². The van der Waals surface area contributed by atoms with E-state index in [2.05, 4.69) is 16.8 Å². The van der Waals surface area contributed by atoms with Gasteiger partial charge in [-0.3, -0.25) is 14.7 Å². The van der Waals surface area contributed by atoms with Gasteiger partial charge in [0.15, 0.2) is 0 Å². The van der Waals surface area contributed by atoms with E-state index in [1.807, 2.05) is 19.2 Å². The number of hydrogen-bond donors (Lipinski definition) is 1. The first-order valence-electron chi connectivity index (χ1n) is 9.61. The molecule has 3 aliphatic rings. The molecule has 4 rings (SSSR count). The van der Waals surface area contributed by atoms with Crippen molar-refractivity contribution >= 4 is 5.91 Å². The Morgan fingerprint density at radius 3 is 2.52 bits per heavy atom. The van der Waals surface area contributed by atoms with Gasteiger partial charge >= 0.3 is 0 Å². The fraction of sp³-hybridized carbons (Fsp3) is 0.700. The average Bonchev–Trinajstić information content (AvgIpc) is 2.59. The van der Waals surface area contributed by atoms with Gasteiger partial charge in [0.1, 0.15) is 11.3 Å². The second kappa shape index (κ2) is 6.36. The van der Waals surface area contributed by atoms with Crippen molar-refractivity contribution in [1.82, 2.24) is 9.88 Å². The maximum Gasteiger partial charge on any atom is 0.267 e. The molecule has 25 heavy (non-hydrogen) atoms. The number of carbonyl (C=O) groups excluding carboxylic acids is 1. The van der Waals surface area contributed by atoms with Crippen LogP contribution < -0.4 is 5.73 Å². The van der Waals surface area contributed by atoms with E-state index >= 15 is 0 Å². The van der Waals surface area contributed by atoms with Gasteiger partial charge in [0.25, 0.3) is 5.91 Å². The third-order valence-corrected chi connectivity index (χ3v) is 7.07. The first kappa shape index (κ1) is 17.0. The summed E-state index contributed by atoms with van der Waals surface area (Å²) < 4.78 is 6.27. The molecule has 2 heterocycles. The Labute approximate surface area is 149 Å². The predicted molar refractivity (Wildman–Crippen MR) is 96.0 cm³/mol. The molecular weight excluding hydrogens is 314 g/mol. The number of fused-ring (bicyclic) bond motifs is 2. The lowest BCUT2D eigenvalue weighted by Crippen LogP contribution is -2.62. The minimum Gasteiger partial charge on any atom is -0.373 e. The Balaban J connectivity index is 1.69. The first-order chi connectivity index (χ1) is 12.1. The topological polar surface area (TPSA) is 68.5 Å². The SMILES string of the molecule is CO[C@]1(c2ccnc(C(N)=O)c2)[C@@H]2CCC[C@H]1CN([C@@H]1CC[C@H]1C)C2. The quantitative estimate of drug-likeness (QED) is 0.912. The average molecular weight is 343 g/mol. The summed E-state index contributed by atoms with van der Waals surface area (Å²) in [4.78, 5) is 18.5. The molecule has 1 aromatic heterocycles. The normalized spacial score (nSPS) is 38.2. The lowest BCUT2D eigenvalue weighted by Gasteiger charge is -2.58. The van der Waals surface area contributed by atoms with Crippen molar-refractivity contribution in [1.29, 1.82) is 0 Å². The molecule has 0 aromatic carbocycles. The number of nitrogens with two attached hydrogens (primary N) is 1. The monoisotopic (exact) mass is 343 g/mol. The molecule has 2 bridgehead atoms. The van der Waals surface area contributed by atoms with Crippen LogP contribution in [-0.2, 0) is 10.3 Å². The number of primary amides is 1. The fourth-order valence-electron chi connectivity index (χ4n) is 5.66. The highest BCUT2D eigenvalue weighted by molar-refractivity contribution is 5.90. The highest BCUT2D eigenvalue weighted by atomic mass is 16.5. The Bertz CT molecular complexity index is 648. The molecule has 2 N–H and O–H groups in total. The second-order valence-electron chi connectivity index (χ2n) is 8.19. The first-order valence-corrected chi connectivity index (χ1v) is 9.61. The van der Waals surface area contributed by atoms with E-state index < -0.39 is 5.91 Å². The number of piperidine rings is 1. The summed E-state index contributed by atoms with van der Waals surface area (Å²) in [5.41, 5.74) is 6.57. The maximum atomic E-state index is 11.6. The smallest absolute Gasteiger partial charge is 0.267 e. The van der Waals surface area contributed by atoms with Crippen LogP contribution in [0.3, 0.4) is 0 Å². The Kier molecular flexibility index (Phi) is 4.32. The number of likely N-dealkylation sites (tertiary alicyclic amines) is 1. The molecular formula is C20H29N3O2. The molecule has 136 valence electrons. The predicted octanol–water partition coefficient (Wildman–Crippen LogP) is 2.55. The summed E-state index contributed by atoms with van der Waals surface area (Å²) in [6.07, 6.45) is 8.01. The molecule has 5 atom stereocenters. The third-order valence-electron chi connectivity index (χ3n) is 7.07. The lowest BCUT2D eigenvalue weighted by atomic mass is 9.61. The zero-order chi connectivity index (χ0) is 17.6. The van der Waals surface area contributed by atoms with Crippen LogP contribution in [0.4, 0.5) is 0 Å². The number of carbonyl (C=O) groups is 1. The number of pyridine rings is 1. The summed E-state index contributed by atoms with van der Waals surface area (Å²) in [5.74, 6) is 1.26. The summed E-state index contributed by atoms with van der Waals surface area (Å²) in [6, 6.07) is 4.62. The number of nitrogens with zero attached hydrogens (tertiary/aromatic N) is 2. The molecule has 5 heteroatoms. The molecule has 0 unspecified atom stereocenters. The van der Waals surface area contributed by atoms with Crippen LogP contribution in [0, 0.1) is 17.8 Å². The Morgan fingerprint density at radius 2 is 2.00 bits per heavy atom. The van der Waals surface area contributed by atoms with E-state index in [0.29, 0.717) is 17.5 Å². The zero-order valence-corrected chi connectivity index (χ0v) is 15.3. The van der Waals surface area contributed by atoms with Gasteiger partial charge in [-0.2, -0.15) is 0 Å². The number of rotatable bonds is 4. The van der Waals surface area contributed by atoms with Crippen molar-refractivity contribution in [3.63, 3.8) is 0 Å². The lowest BCUT2D eigenvalue weighted by molar-refractivity contribution is -0.181. The van der Waals surface area contributed by atoms with Gasteiger partial charge in [0, 0.05) is 44.3 Å². The van der Waals surface area contributed by atoms with E-state index in [1.165, 1.54) is 32.1 Å².